The predicted octanol–water partition coefficient (Wildman–Crippen LogP) is 2.66. The van der Waals surface area contributed by atoms with Crippen LogP contribution in [0.3, 0.4) is 0 Å². The van der Waals surface area contributed by atoms with Crippen molar-refractivity contribution in [2.75, 3.05) is 19.6 Å². The van der Waals surface area contributed by atoms with E-state index in [0.29, 0.717) is 26.1 Å². The maximum Gasteiger partial charge on any atom is 0.317 e. The zero-order chi connectivity index (χ0) is 18.0. The van der Waals surface area contributed by atoms with Gasteiger partial charge in [-0.15, -0.1) is 0 Å². The lowest BCUT2D eigenvalue weighted by Crippen LogP contribution is -2.44. The summed E-state index contributed by atoms with van der Waals surface area (Å²) in [5, 5.41) is 12.5. The number of fused-ring (bicyclic) bond motifs is 1. The fourth-order valence-electron chi connectivity index (χ4n) is 4.03. The second-order valence-corrected chi connectivity index (χ2v) is 7.36. The third-order valence-electron chi connectivity index (χ3n) is 5.48. The van der Waals surface area contributed by atoms with Crippen LogP contribution in [0.15, 0.2) is 24.3 Å². The van der Waals surface area contributed by atoms with Gasteiger partial charge in [-0.2, -0.15) is 0 Å². The van der Waals surface area contributed by atoms with Gasteiger partial charge in [-0.3, -0.25) is 4.79 Å². The molecule has 1 aliphatic carbocycles. The Hall–Kier alpha value is -2.24. The molecule has 2 aliphatic rings. The van der Waals surface area contributed by atoms with E-state index in [1.54, 1.807) is 4.90 Å². The van der Waals surface area contributed by atoms with Crippen LogP contribution >= 0.6 is 0 Å². The molecule has 0 bridgehead atoms. The van der Waals surface area contributed by atoms with Crippen LogP contribution in [0.2, 0.25) is 0 Å². The molecule has 0 radical (unpaired) electrons. The Morgan fingerprint density at radius 3 is 2.76 bits per heavy atom. The lowest BCUT2D eigenvalue weighted by Gasteiger charge is -2.24. The van der Waals surface area contributed by atoms with Gasteiger partial charge in [0.2, 0.25) is 0 Å². The molecule has 2 N–H and O–H groups in total. The molecule has 1 saturated carbocycles. The molecule has 2 fully saturated rings. The Bertz CT molecular complexity index is 645. The van der Waals surface area contributed by atoms with Crippen molar-refractivity contribution in [3.8, 4) is 5.75 Å². The van der Waals surface area contributed by atoms with Crippen molar-refractivity contribution in [1.29, 1.82) is 0 Å². The zero-order valence-electron chi connectivity index (χ0n) is 14.8. The highest BCUT2D eigenvalue weighted by molar-refractivity contribution is 5.80. The average molecular weight is 346 g/mol. The molecular formula is C19H26N2O4. The van der Waals surface area contributed by atoms with Gasteiger partial charge in [0, 0.05) is 13.1 Å². The van der Waals surface area contributed by atoms with Crippen molar-refractivity contribution in [2.24, 2.45) is 11.3 Å². The Labute approximate surface area is 148 Å². The lowest BCUT2D eigenvalue weighted by atomic mass is 9.81. The summed E-state index contributed by atoms with van der Waals surface area (Å²) in [6.45, 7) is 5.14. The Balaban J connectivity index is 1.50. The molecule has 1 aliphatic heterocycles. The van der Waals surface area contributed by atoms with E-state index in [1.165, 1.54) is 5.56 Å². The molecule has 1 heterocycles. The summed E-state index contributed by atoms with van der Waals surface area (Å²) in [5.74, 6) is 0.0891. The van der Waals surface area contributed by atoms with E-state index in [4.69, 9.17) is 4.74 Å². The summed E-state index contributed by atoms with van der Waals surface area (Å²) in [6, 6.07) is 7.58. The molecule has 0 spiro atoms. The standard InChI is InChI=1S/C19H26N2O4/c1-13-5-7-16(8-6-13)25-14(2)10-20-18(24)21-11-15-4-3-9-19(15,12-21)17(22)23/h5-8,14-15H,3-4,9-12H2,1-2H3,(H,20,24)(H,22,23)/t14?,15-,19+/m0/s1. The minimum absolute atomic E-state index is 0.0805. The number of likely N-dealkylation sites (tertiary alicyclic amines) is 1. The zero-order valence-corrected chi connectivity index (χ0v) is 14.8. The minimum Gasteiger partial charge on any atom is -0.489 e. The third kappa shape index (κ3) is 3.57. The molecule has 25 heavy (non-hydrogen) atoms. The Morgan fingerprint density at radius 2 is 2.12 bits per heavy atom. The molecule has 1 aromatic rings. The van der Waals surface area contributed by atoms with Gasteiger partial charge in [0.05, 0.1) is 12.0 Å². The summed E-state index contributed by atoms with van der Waals surface area (Å²) in [4.78, 5) is 25.7. The fourth-order valence-corrected chi connectivity index (χ4v) is 4.03. The number of hydrogen-bond acceptors (Lipinski definition) is 3. The summed E-state index contributed by atoms with van der Waals surface area (Å²) >= 11 is 0. The normalized spacial score (nSPS) is 26.2. The number of urea groups is 1. The number of aryl methyl sites for hydroxylation is 1. The van der Waals surface area contributed by atoms with Crippen molar-refractivity contribution in [2.45, 2.75) is 39.2 Å². The highest BCUT2D eigenvalue weighted by Crippen LogP contribution is 2.48. The maximum absolute atomic E-state index is 12.4. The number of nitrogens with one attached hydrogen (secondary N) is 1. The van der Waals surface area contributed by atoms with Crippen LogP contribution in [-0.2, 0) is 4.79 Å². The second kappa shape index (κ2) is 6.94. The number of benzene rings is 1. The molecule has 0 aromatic heterocycles. The van der Waals surface area contributed by atoms with Crippen LogP contribution in [0.4, 0.5) is 4.79 Å². The van der Waals surface area contributed by atoms with Crippen LogP contribution in [-0.4, -0.2) is 47.7 Å². The average Bonchev–Trinajstić information content (AvgIpc) is 3.13. The first-order valence-corrected chi connectivity index (χ1v) is 8.90. The number of rotatable bonds is 5. The number of ether oxygens (including phenoxy) is 1. The molecular weight excluding hydrogens is 320 g/mol. The van der Waals surface area contributed by atoms with Crippen LogP contribution < -0.4 is 10.1 Å². The summed E-state index contributed by atoms with van der Waals surface area (Å²) in [5.41, 5.74) is 0.432. The number of aliphatic carboxylic acids is 1. The number of nitrogens with zero attached hydrogens (tertiary/aromatic N) is 1. The van der Waals surface area contributed by atoms with Gasteiger partial charge in [-0.1, -0.05) is 24.1 Å². The van der Waals surface area contributed by atoms with E-state index in [9.17, 15) is 14.7 Å². The number of carboxylic acid groups (broad SMARTS) is 1. The molecule has 136 valence electrons. The quantitative estimate of drug-likeness (QED) is 0.859. The van der Waals surface area contributed by atoms with E-state index >= 15 is 0 Å². The highest BCUT2D eigenvalue weighted by Gasteiger charge is 2.55. The Morgan fingerprint density at radius 1 is 1.40 bits per heavy atom. The van der Waals surface area contributed by atoms with Crippen molar-refractivity contribution in [3.05, 3.63) is 29.8 Å². The molecule has 1 unspecified atom stereocenters. The van der Waals surface area contributed by atoms with Crippen molar-refractivity contribution in [3.63, 3.8) is 0 Å². The fraction of sp³-hybridized carbons (Fsp3) is 0.579. The Kier molecular flexibility index (Phi) is 4.88. The van der Waals surface area contributed by atoms with Gasteiger partial charge in [0.1, 0.15) is 11.9 Å². The van der Waals surface area contributed by atoms with Gasteiger partial charge in [0.15, 0.2) is 0 Å². The number of carbonyl (C=O) groups excluding carboxylic acids is 1. The monoisotopic (exact) mass is 346 g/mol. The molecule has 3 rings (SSSR count). The van der Waals surface area contributed by atoms with E-state index in [1.807, 2.05) is 38.1 Å². The highest BCUT2D eigenvalue weighted by atomic mass is 16.5. The molecule has 6 nitrogen and oxygen atoms in total. The van der Waals surface area contributed by atoms with Crippen LogP contribution in [0.5, 0.6) is 5.75 Å². The first-order valence-electron chi connectivity index (χ1n) is 8.90. The van der Waals surface area contributed by atoms with E-state index in [2.05, 4.69) is 5.32 Å². The van der Waals surface area contributed by atoms with Crippen LogP contribution in [0.25, 0.3) is 0 Å². The topological polar surface area (TPSA) is 78.9 Å². The number of hydrogen-bond donors (Lipinski definition) is 2. The van der Waals surface area contributed by atoms with Gasteiger partial charge in [0.25, 0.3) is 0 Å². The lowest BCUT2D eigenvalue weighted by molar-refractivity contribution is -0.149. The number of carbonyl (C=O) groups is 2. The van der Waals surface area contributed by atoms with E-state index < -0.39 is 11.4 Å². The van der Waals surface area contributed by atoms with Crippen molar-refractivity contribution in [1.82, 2.24) is 10.2 Å². The molecule has 1 saturated heterocycles. The van der Waals surface area contributed by atoms with E-state index in [0.717, 1.165) is 18.6 Å². The number of carboxylic acids is 1. The van der Waals surface area contributed by atoms with E-state index in [-0.39, 0.29) is 18.1 Å². The summed E-state index contributed by atoms with van der Waals surface area (Å²) in [7, 11) is 0. The number of amides is 2. The van der Waals surface area contributed by atoms with Gasteiger partial charge < -0.3 is 20.1 Å². The first kappa shape index (κ1) is 17.6. The SMILES string of the molecule is Cc1ccc(OC(C)CNC(=O)N2C[C@@H]3CCC[C@@]3(C(=O)O)C2)cc1. The third-order valence-corrected chi connectivity index (χ3v) is 5.48. The molecule has 6 heteroatoms. The summed E-state index contributed by atoms with van der Waals surface area (Å²) in [6.07, 6.45) is 2.34. The van der Waals surface area contributed by atoms with Gasteiger partial charge in [-0.05, 0) is 44.7 Å². The molecule has 3 atom stereocenters. The van der Waals surface area contributed by atoms with Crippen LogP contribution in [0, 0.1) is 18.3 Å². The van der Waals surface area contributed by atoms with Crippen molar-refractivity contribution < 1.29 is 19.4 Å². The molecule has 2 amide bonds. The first-order chi connectivity index (χ1) is 11.9. The van der Waals surface area contributed by atoms with Crippen LogP contribution in [0.1, 0.15) is 31.7 Å². The minimum atomic E-state index is -0.763. The smallest absolute Gasteiger partial charge is 0.317 e. The van der Waals surface area contributed by atoms with Crippen molar-refractivity contribution >= 4 is 12.0 Å². The maximum atomic E-state index is 12.4. The largest absolute Gasteiger partial charge is 0.489 e. The summed E-state index contributed by atoms with van der Waals surface area (Å²) < 4.78 is 5.79. The molecule has 1 aromatic carbocycles. The van der Waals surface area contributed by atoms with Gasteiger partial charge in [-0.25, -0.2) is 4.79 Å². The predicted molar refractivity (Wildman–Crippen MR) is 93.7 cm³/mol. The second-order valence-electron chi connectivity index (χ2n) is 7.36. The van der Waals surface area contributed by atoms with Gasteiger partial charge >= 0.3 is 12.0 Å².